The third kappa shape index (κ3) is 2.76. The Balaban J connectivity index is 1.78. The van der Waals surface area contributed by atoms with Gasteiger partial charge in [-0.25, -0.2) is 0 Å². The Morgan fingerprint density at radius 3 is 2.88 bits per heavy atom. The van der Waals surface area contributed by atoms with E-state index in [0.717, 1.165) is 44.7 Å². The molecule has 3 heteroatoms. The molecule has 0 spiro atoms. The zero-order chi connectivity index (χ0) is 11.4. The van der Waals surface area contributed by atoms with Crippen LogP contribution in [0.25, 0.3) is 0 Å². The maximum absolute atomic E-state index is 12.1. The van der Waals surface area contributed by atoms with E-state index in [4.69, 9.17) is 4.74 Å². The number of carbonyl (C=O) groups is 1. The van der Waals surface area contributed by atoms with Crippen LogP contribution >= 0.6 is 0 Å². The molecule has 1 saturated heterocycles. The number of esters is 1. The van der Waals surface area contributed by atoms with E-state index in [1.165, 1.54) is 12.8 Å². The van der Waals surface area contributed by atoms with E-state index in [-0.39, 0.29) is 11.4 Å². The van der Waals surface area contributed by atoms with Crippen LogP contribution in [0.4, 0.5) is 0 Å². The first-order valence-electron chi connectivity index (χ1n) is 6.65. The summed E-state index contributed by atoms with van der Waals surface area (Å²) < 4.78 is 5.45. The summed E-state index contributed by atoms with van der Waals surface area (Å²) in [5.74, 6) is 0.886. The fraction of sp³-hybridized carbons (Fsp3) is 0.923. The van der Waals surface area contributed by atoms with Crippen LogP contribution in [0.1, 0.15) is 45.4 Å². The van der Waals surface area contributed by atoms with Crippen LogP contribution in [-0.2, 0) is 9.53 Å². The standard InChI is InChI=1S/C13H23NO2/c1-2-6-13(7-8-14-10-13)12(15)16-9-5-11-3-4-11/h11,14H,2-10H2,1H3. The fourth-order valence-corrected chi connectivity index (χ4v) is 2.59. The average molecular weight is 225 g/mol. The molecule has 0 aromatic carbocycles. The van der Waals surface area contributed by atoms with Gasteiger partial charge in [-0.1, -0.05) is 26.2 Å². The second-order valence-corrected chi connectivity index (χ2v) is 5.33. The minimum absolute atomic E-state index is 0.0417. The van der Waals surface area contributed by atoms with Gasteiger partial charge < -0.3 is 10.1 Å². The lowest BCUT2D eigenvalue weighted by Gasteiger charge is -2.25. The first-order chi connectivity index (χ1) is 7.77. The number of hydrogen-bond acceptors (Lipinski definition) is 3. The van der Waals surface area contributed by atoms with Gasteiger partial charge in [0.1, 0.15) is 0 Å². The molecule has 0 aromatic rings. The predicted octanol–water partition coefficient (Wildman–Crippen LogP) is 2.11. The van der Waals surface area contributed by atoms with Crippen LogP contribution in [0.5, 0.6) is 0 Å². The second-order valence-electron chi connectivity index (χ2n) is 5.33. The summed E-state index contributed by atoms with van der Waals surface area (Å²) >= 11 is 0. The Morgan fingerprint density at radius 2 is 2.31 bits per heavy atom. The summed E-state index contributed by atoms with van der Waals surface area (Å²) in [5.41, 5.74) is -0.210. The van der Waals surface area contributed by atoms with Crippen molar-refractivity contribution in [2.45, 2.75) is 45.4 Å². The van der Waals surface area contributed by atoms with Gasteiger partial charge in [-0.3, -0.25) is 4.79 Å². The van der Waals surface area contributed by atoms with E-state index in [9.17, 15) is 4.79 Å². The topological polar surface area (TPSA) is 38.3 Å². The van der Waals surface area contributed by atoms with Crippen molar-refractivity contribution in [3.05, 3.63) is 0 Å². The number of ether oxygens (including phenoxy) is 1. The van der Waals surface area contributed by atoms with Crippen LogP contribution in [0.2, 0.25) is 0 Å². The Bertz CT molecular complexity index is 242. The minimum atomic E-state index is -0.210. The van der Waals surface area contributed by atoms with Crippen LogP contribution in [0.15, 0.2) is 0 Å². The summed E-state index contributed by atoms with van der Waals surface area (Å²) in [5, 5.41) is 3.29. The quantitative estimate of drug-likeness (QED) is 0.704. The Labute approximate surface area is 97.9 Å². The van der Waals surface area contributed by atoms with Gasteiger partial charge in [0.25, 0.3) is 0 Å². The maximum Gasteiger partial charge on any atom is 0.313 e. The second kappa shape index (κ2) is 5.17. The van der Waals surface area contributed by atoms with Crippen LogP contribution in [0.3, 0.4) is 0 Å². The molecular formula is C13H23NO2. The summed E-state index contributed by atoms with van der Waals surface area (Å²) in [7, 11) is 0. The van der Waals surface area contributed by atoms with Gasteiger partial charge in [-0.2, -0.15) is 0 Å². The van der Waals surface area contributed by atoms with Gasteiger partial charge in [0.2, 0.25) is 0 Å². The van der Waals surface area contributed by atoms with E-state index in [1.807, 2.05) is 0 Å². The molecule has 2 fully saturated rings. The maximum atomic E-state index is 12.1. The highest BCUT2D eigenvalue weighted by Gasteiger charge is 2.41. The third-order valence-electron chi connectivity index (χ3n) is 3.86. The average Bonchev–Trinajstić information content (AvgIpc) is 2.97. The zero-order valence-electron chi connectivity index (χ0n) is 10.3. The molecule has 1 saturated carbocycles. The summed E-state index contributed by atoms with van der Waals surface area (Å²) in [4.78, 5) is 12.1. The Kier molecular flexibility index (Phi) is 3.85. The van der Waals surface area contributed by atoms with Crippen LogP contribution in [0, 0.1) is 11.3 Å². The SMILES string of the molecule is CCCC1(C(=O)OCCC2CC2)CCNC1. The van der Waals surface area contributed by atoms with Crippen LogP contribution in [-0.4, -0.2) is 25.7 Å². The van der Waals surface area contributed by atoms with Crippen LogP contribution < -0.4 is 5.32 Å². The molecule has 3 nitrogen and oxygen atoms in total. The summed E-state index contributed by atoms with van der Waals surface area (Å²) in [6, 6.07) is 0. The predicted molar refractivity (Wildman–Crippen MR) is 63.1 cm³/mol. The van der Waals surface area contributed by atoms with Gasteiger partial charge in [0, 0.05) is 6.54 Å². The van der Waals surface area contributed by atoms with Crippen molar-refractivity contribution in [3.63, 3.8) is 0 Å². The zero-order valence-corrected chi connectivity index (χ0v) is 10.3. The molecule has 2 rings (SSSR count). The molecule has 1 heterocycles. The molecular weight excluding hydrogens is 202 g/mol. The molecule has 1 N–H and O–H groups in total. The molecule has 92 valence electrons. The molecule has 0 bridgehead atoms. The molecule has 1 aliphatic carbocycles. The minimum Gasteiger partial charge on any atom is -0.465 e. The lowest BCUT2D eigenvalue weighted by molar-refractivity contribution is -0.155. The van der Waals surface area contributed by atoms with Crippen molar-refractivity contribution in [2.75, 3.05) is 19.7 Å². The molecule has 1 atom stereocenters. The van der Waals surface area contributed by atoms with Crippen molar-refractivity contribution in [1.82, 2.24) is 5.32 Å². The lowest BCUT2D eigenvalue weighted by Crippen LogP contribution is -2.35. The highest BCUT2D eigenvalue weighted by atomic mass is 16.5. The van der Waals surface area contributed by atoms with Crippen molar-refractivity contribution < 1.29 is 9.53 Å². The van der Waals surface area contributed by atoms with Gasteiger partial charge in [-0.05, 0) is 31.7 Å². The van der Waals surface area contributed by atoms with E-state index < -0.39 is 0 Å². The number of nitrogens with one attached hydrogen (secondary N) is 1. The van der Waals surface area contributed by atoms with E-state index in [1.54, 1.807) is 0 Å². The first kappa shape index (κ1) is 11.9. The van der Waals surface area contributed by atoms with Gasteiger partial charge in [-0.15, -0.1) is 0 Å². The van der Waals surface area contributed by atoms with Crippen molar-refractivity contribution in [1.29, 1.82) is 0 Å². The van der Waals surface area contributed by atoms with Gasteiger partial charge >= 0.3 is 5.97 Å². The molecule has 0 aromatic heterocycles. The molecule has 1 unspecified atom stereocenters. The molecule has 16 heavy (non-hydrogen) atoms. The number of rotatable bonds is 6. The normalized spacial score (nSPS) is 29.3. The summed E-state index contributed by atoms with van der Waals surface area (Å²) in [6.45, 7) is 4.54. The highest BCUT2D eigenvalue weighted by Crippen LogP contribution is 2.34. The van der Waals surface area contributed by atoms with Crippen molar-refractivity contribution in [2.24, 2.45) is 11.3 Å². The monoisotopic (exact) mass is 225 g/mol. The molecule has 1 aliphatic heterocycles. The van der Waals surface area contributed by atoms with Crippen molar-refractivity contribution in [3.8, 4) is 0 Å². The Morgan fingerprint density at radius 1 is 1.50 bits per heavy atom. The smallest absolute Gasteiger partial charge is 0.313 e. The lowest BCUT2D eigenvalue weighted by atomic mass is 9.82. The van der Waals surface area contributed by atoms with E-state index in [0.29, 0.717) is 6.61 Å². The number of carbonyl (C=O) groups excluding carboxylic acids is 1. The third-order valence-corrected chi connectivity index (χ3v) is 3.86. The number of hydrogen-bond donors (Lipinski definition) is 1. The fourth-order valence-electron chi connectivity index (χ4n) is 2.59. The Hall–Kier alpha value is -0.570. The van der Waals surface area contributed by atoms with Gasteiger partial charge in [0.05, 0.1) is 12.0 Å². The van der Waals surface area contributed by atoms with Gasteiger partial charge in [0.15, 0.2) is 0 Å². The molecule has 0 amide bonds. The van der Waals surface area contributed by atoms with Crippen molar-refractivity contribution >= 4 is 5.97 Å². The summed E-state index contributed by atoms with van der Waals surface area (Å²) in [6.07, 6.45) is 6.70. The molecule has 0 radical (unpaired) electrons. The largest absolute Gasteiger partial charge is 0.465 e. The molecule has 2 aliphatic rings. The van der Waals surface area contributed by atoms with E-state index in [2.05, 4.69) is 12.2 Å². The first-order valence-corrected chi connectivity index (χ1v) is 6.65. The highest BCUT2D eigenvalue weighted by molar-refractivity contribution is 5.77. The van der Waals surface area contributed by atoms with E-state index >= 15 is 0 Å².